The molecule has 3 amide bonds. The fourth-order valence-corrected chi connectivity index (χ4v) is 3.62. The van der Waals surface area contributed by atoms with Gasteiger partial charge in [-0.25, -0.2) is 0 Å². The predicted octanol–water partition coefficient (Wildman–Crippen LogP) is 3.69. The zero-order valence-electron chi connectivity index (χ0n) is 16.2. The summed E-state index contributed by atoms with van der Waals surface area (Å²) in [6, 6.07) is 12.5. The van der Waals surface area contributed by atoms with Gasteiger partial charge in [-0.3, -0.25) is 19.3 Å². The van der Waals surface area contributed by atoms with E-state index in [1.807, 2.05) is 19.1 Å². The molecule has 2 aromatic carbocycles. The Morgan fingerprint density at radius 1 is 1.10 bits per heavy atom. The van der Waals surface area contributed by atoms with E-state index in [0.29, 0.717) is 22.7 Å². The first-order valence-corrected chi connectivity index (χ1v) is 9.57. The lowest BCUT2D eigenvalue weighted by atomic mass is 10.2. The van der Waals surface area contributed by atoms with E-state index in [1.54, 1.807) is 36.4 Å². The van der Waals surface area contributed by atoms with Gasteiger partial charge in [0, 0.05) is 5.69 Å². The number of nitrogens with zero attached hydrogens (tertiary/aromatic N) is 1. The first-order valence-electron chi connectivity index (χ1n) is 8.76. The van der Waals surface area contributed by atoms with Crippen molar-refractivity contribution < 1.29 is 23.9 Å². The number of benzene rings is 2. The van der Waals surface area contributed by atoms with Gasteiger partial charge in [-0.1, -0.05) is 24.3 Å². The number of anilines is 1. The maximum absolute atomic E-state index is 12.6. The Kier molecular flexibility index (Phi) is 6.23. The van der Waals surface area contributed by atoms with Crippen molar-refractivity contribution >= 4 is 40.6 Å². The Morgan fingerprint density at radius 3 is 2.52 bits per heavy atom. The van der Waals surface area contributed by atoms with Crippen molar-refractivity contribution in [3.8, 4) is 11.5 Å². The van der Waals surface area contributed by atoms with E-state index in [9.17, 15) is 14.4 Å². The summed E-state index contributed by atoms with van der Waals surface area (Å²) in [6.07, 6.45) is 1.59. The average molecular weight is 412 g/mol. The minimum absolute atomic E-state index is 0.242. The summed E-state index contributed by atoms with van der Waals surface area (Å²) in [5.74, 6) is 0.132. The highest BCUT2D eigenvalue weighted by Gasteiger charge is 2.36. The van der Waals surface area contributed by atoms with E-state index in [4.69, 9.17) is 9.47 Å². The number of aryl methyl sites for hydroxylation is 1. The molecule has 29 heavy (non-hydrogen) atoms. The molecule has 1 fully saturated rings. The minimum Gasteiger partial charge on any atom is -0.493 e. The van der Waals surface area contributed by atoms with Crippen LogP contribution in [0.15, 0.2) is 47.4 Å². The molecule has 3 rings (SSSR count). The summed E-state index contributed by atoms with van der Waals surface area (Å²) in [7, 11) is 3.05. The molecule has 7 nitrogen and oxygen atoms in total. The molecule has 0 bridgehead atoms. The number of carbonyl (C=O) groups is 3. The molecule has 2 aromatic rings. The third-order valence-corrected chi connectivity index (χ3v) is 5.21. The van der Waals surface area contributed by atoms with E-state index in [0.717, 1.165) is 22.2 Å². The molecule has 8 heteroatoms. The Hall–Kier alpha value is -3.26. The highest BCUT2D eigenvalue weighted by Crippen LogP contribution is 2.34. The molecule has 0 radical (unpaired) electrons. The highest BCUT2D eigenvalue weighted by molar-refractivity contribution is 8.18. The Bertz CT molecular complexity index is 1000. The molecule has 1 heterocycles. The van der Waals surface area contributed by atoms with Gasteiger partial charge in [-0.2, -0.15) is 0 Å². The fourth-order valence-electron chi connectivity index (χ4n) is 2.78. The predicted molar refractivity (Wildman–Crippen MR) is 112 cm³/mol. The summed E-state index contributed by atoms with van der Waals surface area (Å²) in [5, 5.41) is 2.24. The SMILES string of the molecule is COc1ccc(/C=C2/SC(=O)N(CC(=O)Nc3ccccc3C)C2=O)cc1OC. The third kappa shape index (κ3) is 4.60. The van der Waals surface area contributed by atoms with Gasteiger partial charge in [0.25, 0.3) is 11.1 Å². The topological polar surface area (TPSA) is 84.9 Å². The number of carbonyl (C=O) groups excluding carboxylic acids is 3. The minimum atomic E-state index is -0.505. The second-order valence-electron chi connectivity index (χ2n) is 6.25. The normalized spacial score (nSPS) is 15.0. The molecule has 0 spiro atoms. The van der Waals surface area contributed by atoms with Gasteiger partial charge >= 0.3 is 0 Å². The van der Waals surface area contributed by atoms with Crippen LogP contribution in [0.3, 0.4) is 0 Å². The van der Waals surface area contributed by atoms with Crippen LogP contribution < -0.4 is 14.8 Å². The van der Waals surface area contributed by atoms with Crippen LogP contribution in [0.4, 0.5) is 10.5 Å². The van der Waals surface area contributed by atoms with Crippen LogP contribution in [-0.4, -0.2) is 42.7 Å². The largest absolute Gasteiger partial charge is 0.493 e. The summed E-state index contributed by atoms with van der Waals surface area (Å²) < 4.78 is 10.4. The van der Waals surface area contributed by atoms with Crippen LogP contribution >= 0.6 is 11.8 Å². The smallest absolute Gasteiger partial charge is 0.294 e. The van der Waals surface area contributed by atoms with Crippen molar-refractivity contribution in [2.24, 2.45) is 0 Å². The number of methoxy groups -OCH3 is 2. The Labute approximate surface area is 172 Å². The van der Waals surface area contributed by atoms with E-state index >= 15 is 0 Å². The maximum Gasteiger partial charge on any atom is 0.294 e. The molecule has 150 valence electrons. The first-order chi connectivity index (χ1) is 13.9. The molecule has 1 saturated heterocycles. The monoisotopic (exact) mass is 412 g/mol. The molecule has 1 aliphatic heterocycles. The maximum atomic E-state index is 12.6. The summed E-state index contributed by atoms with van der Waals surface area (Å²) in [5.41, 5.74) is 2.21. The quantitative estimate of drug-likeness (QED) is 0.729. The van der Waals surface area contributed by atoms with Crippen LogP contribution in [0, 0.1) is 6.92 Å². The molecule has 0 aromatic heterocycles. The number of ether oxygens (including phenoxy) is 2. The van der Waals surface area contributed by atoms with Crippen molar-refractivity contribution in [1.82, 2.24) is 4.90 Å². The molecule has 1 aliphatic rings. The van der Waals surface area contributed by atoms with E-state index in [1.165, 1.54) is 14.2 Å². The van der Waals surface area contributed by atoms with Gasteiger partial charge in [0.1, 0.15) is 6.54 Å². The number of hydrogen-bond acceptors (Lipinski definition) is 6. The van der Waals surface area contributed by atoms with Gasteiger partial charge in [0.05, 0.1) is 19.1 Å². The summed E-state index contributed by atoms with van der Waals surface area (Å²) in [6.45, 7) is 1.52. The molecular formula is C21H20N2O5S. The van der Waals surface area contributed by atoms with Crippen molar-refractivity contribution in [3.05, 3.63) is 58.5 Å². The lowest BCUT2D eigenvalue weighted by molar-refractivity contribution is -0.127. The number of nitrogens with one attached hydrogen (secondary N) is 1. The standard InChI is InChI=1S/C21H20N2O5S/c1-13-6-4-5-7-15(13)22-19(24)12-23-20(25)18(29-21(23)26)11-14-8-9-16(27-2)17(10-14)28-3/h4-11H,12H2,1-3H3,(H,22,24)/b18-11+. The third-order valence-electron chi connectivity index (χ3n) is 4.30. The number of thioether (sulfide) groups is 1. The van der Waals surface area contributed by atoms with Gasteiger partial charge in [0.15, 0.2) is 11.5 Å². The van der Waals surface area contributed by atoms with E-state index < -0.39 is 17.1 Å². The average Bonchev–Trinajstić information content (AvgIpc) is 2.97. The van der Waals surface area contributed by atoms with E-state index in [-0.39, 0.29) is 11.4 Å². The first kappa shape index (κ1) is 20.5. The molecular weight excluding hydrogens is 392 g/mol. The van der Waals surface area contributed by atoms with Gasteiger partial charge in [0.2, 0.25) is 5.91 Å². The van der Waals surface area contributed by atoms with Crippen molar-refractivity contribution in [1.29, 1.82) is 0 Å². The summed E-state index contributed by atoms with van der Waals surface area (Å²) in [4.78, 5) is 38.4. The molecule has 0 unspecified atom stereocenters. The highest BCUT2D eigenvalue weighted by atomic mass is 32.2. The Morgan fingerprint density at radius 2 is 1.83 bits per heavy atom. The lowest BCUT2D eigenvalue weighted by Crippen LogP contribution is -2.36. The zero-order valence-corrected chi connectivity index (χ0v) is 17.0. The molecule has 0 aliphatic carbocycles. The van der Waals surface area contributed by atoms with Gasteiger partial charge in [-0.05, 0) is 54.1 Å². The molecule has 1 N–H and O–H groups in total. The number of hydrogen-bond donors (Lipinski definition) is 1. The van der Waals surface area contributed by atoms with Crippen molar-refractivity contribution in [2.45, 2.75) is 6.92 Å². The lowest BCUT2D eigenvalue weighted by Gasteiger charge is -2.13. The number of para-hydroxylation sites is 1. The van der Waals surface area contributed by atoms with Crippen molar-refractivity contribution in [2.75, 3.05) is 26.1 Å². The van der Waals surface area contributed by atoms with E-state index in [2.05, 4.69) is 5.32 Å². The second-order valence-corrected chi connectivity index (χ2v) is 7.24. The van der Waals surface area contributed by atoms with Crippen molar-refractivity contribution in [3.63, 3.8) is 0 Å². The zero-order chi connectivity index (χ0) is 21.0. The second kappa shape index (κ2) is 8.83. The van der Waals surface area contributed by atoms with Crippen LogP contribution in [-0.2, 0) is 9.59 Å². The summed E-state index contributed by atoms with van der Waals surface area (Å²) >= 11 is 0.798. The van der Waals surface area contributed by atoms with Crippen LogP contribution in [0.1, 0.15) is 11.1 Å². The molecule has 0 saturated carbocycles. The number of amides is 3. The van der Waals surface area contributed by atoms with Gasteiger partial charge in [-0.15, -0.1) is 0 Å². The van der Waals surface area contributed by atoms with Crippen LogP contribution in [0.5, 0.6) is 11.5 Å². The number of rotatable bonds is 6. The molecule has 0 atom stereocenters. The number of imide groups is 1. The van der Waals surface area contributed by atoms with Crippen LogP contribution in [0.25, 0.3) is 6.08 Å². The van der Waals surface area contributed by atoms with Crippen LogP contribution in [0.2, 0.25) is 0 Å². The fraction of sp³-hybridized carbons (Fsp3) is 0.190. The van der Waals surface area contributed by atoms with Gasteiger partial charge < -0.3 is 14.8 Å². The Balaban J connectivity index is 1.73.